The Bertz CT molecular complexity index is 863. The molecule has 6 heteroatoms. The highest BCUT2D eigenvalue weighted by molar-refractivity contribution is 5.38. The Morgan fingerprint density at radius 1 is 1.12 bits per heavy atom. The van der Waals surface area contributed by atoms with Crippen LogP contribution in [0.1, 0.15) is 61.4 Å². The summed E-state index contributed by atoms with van der Waals surface area (Å²) in [7, 11) is 0. The Kier molecular flexibility index (Phi) is 3.47. The van der Waals surface area contributed by atoms with Gasteiger partial charge in [0, 0.05) is 37.2 Å². The standard InChI is InChI=1S/C19H25N5O/c1-13-21-16-4-2-3-5-17(16)24(13)15-8-10-22(12-15)18-19(25)23(11-9-20-18)14-6-7-14/h9,11,14-15H,2-8,10,12H2,1H3/t15-/m0/s1. The molecular weight excluding hydrogens is 314 g/mol. The minimum Gasteiger partial charge on any atom is -0.350 e. The third-order valence-electron chi connectivity index (χ3n) is 5.96. The quantitative estimate of drug-likeness (QED) is 0.862. The minimum atomic E-state index is 0.0787. The van der Waals surface area contributed by atoms with Gasteiger partial charge in [-0.05, 0) is 51.9 Å². The number of hydrogen-bond donors (Lipinski definition) is 0. The first-order chi connectivity index (χ1) is 12.2. The Labute approximate surface area is 147 Å². The molecule has 25 heavy (non-hydrogen) atoms. The van der Waals surface area contributed by atoms with E-state index in [1.54, 1.807) is 6.20 Å². The highest BCUT2D eigenvalue weighted by Crippen LogP contribution is 2.34. The van der Waals surface area contributed by atoms with Crippen molar-refractivity contribution in [2.24, 2.45) is 0 Å². The van der Waals surface area contributed by atoms with Crippen LogP contribution in [0.2, 0.25) is 0 Å². The van der Waals surface area contributed by atoms with Gasteiger partial charge >= 0.3 is 0 Å². The van der Waals surface area contributed by atoms with Crippen LogP contribution >= 0.6 is 0 Å². The number of anilines is 1. The lowest BCUT2D eigenvalue weighted by atomic mass is 10.0. The van der Waals surface area contributed by atoms with Crippen LogP contribution in [0.25, 0.3) is 0 Å². The third-order valence-corrected chi connectivity index (χ3v) is 5.96. The Morgan fingerprint density at radius 3 is 2.80 bits per heavy atom. The molecule has 2 aliphatic carbocycles. The van der Waals surface area contributed by atoms with Crippen molar-refractivity contribution >= 4 is 5.82 Å². The first-order valence-corrected chi connectivity index (χ1v) is 9.61. The first kappa shape index (κ1) is 15.2. The predicted molar refractivity (Wildman–Crippen MR) is 96.2 cm³/mol. The van der Waals surface area contributed by atoms with E-state index in [4.69, 9.17) is 4.98 Å². The van der Waals surface area contributed by atoms with Crippen LogP contribution in [-0.4, -0.2) is 32.2 Å². The summed E-state index contributed by atoms with van der Waals surface area (Å²) in [6.45, 7) is 3.89. The summed E-state index contributed by atoms with van der Waals surface area (Å²) in [5.74, 6) is 1.76. The molecule has 0 unspecified atom stereocenters. The minimum absolute atomic E-state index is 0.0787. The summed E-state index contributed by atoms with van der Waals surface area (Å²) >= 11 is 0. The number of hydrogen-bond acceptors (Lipinski definition) is 4. The second kappa shape index (κ2) is 5.71. The zero-order valence-corrected chi connectivity index (χ0v) is 14.8. The van der Waals surface area contributed by atoms with Crippen molar-refractivity contribution in [2.75, 3.05) is 18.0 Å². The van der Waals surface area contributed by atoms with E-state index in [-0.39, 0.29) is 5.56 Å². The normalized spacial score (nSPS) is 23.1. The first-order valence-electron chi connectivity index (χ1n) is 9.61. The monoisotopic (exact) mass is 339 g/mol. The summed E-state index contributed by atoms with van der Waals surface area (Å²) in [5, 5.41) is 0. The molecule has 1 saturated carbocycles. The molecule has 0 radical (unpaired) electrons. The fraction of sp³-hybridized carbons (Fsp3) is 0.632. The second-order valence-electron chi connectivity index (χ2n) is 7.71. The average Bonchev–Trinajstić information content (AvgIpc) is 3.25. The van der Waals surface area contributed by atoms with Gasteiger partial charge in [-0.2, -0.15) is 0 Å². The summed E-state index contributed by atoms with van der Waals surface area (Å²) in [4.78, 5) is 24.2. The van der Waals surface area contributed by atoms with Crippen LogP contribution in [0.3, 0.4) is 0 Å². The number of aromatic nitrogens is 4. The molecule has 0 N–H and O–H groups in total. The van der Waals surface area contributed by atoms with Gasteiger partial charge in [0.15, 0.2) is 5.82 Å². The predicted octanol–water partition coefficient (Wildman–Crippen LogP) is 2.41. The van der Waals surface area contributed by atoms with Crippen LogP contribution in [0.4, 0.5) is 5.82 Å². The zero-order chi connectivity index (χ0) is 17.0. The molecule has 2 aromatic heterocycles. The molecule has 3 heterocycles. The van der Waals surface area contributed by atoms with E-state index in [1.807, 2.05) is 10.8 Å². The molecule has 0 bridgehead atoms. The number of nitrogens with zero attached hydrogens (tertiary/aromatic N) is 5. The fourth-order valence-corrected chi connectivity index (χ4v) is 4.60. The Balaban J connectivity index is 1.43. The third kappa shape index (κ3) is 2.50. The summed E-state index contributed by atoms with van der Waals surface area (Å²) in [6.07, 6.45) is 11.7. The van der Waals surface area contributed by atoms with Crippen molar-refractivity contribution in [3.8, 4) is 0 Å². The van der Waals surface area contributed by atoms with E-state index in [1.165, 1.54) is 24.2 Å². The molecule has 1 saturated heterocycles. The van der Waals surface area contributed by atoms with Gasteiger partial charge in [0.1, 0.15) is 5.82 Å². The van der Waals surface area contributed by atoms with Crippen molar-refractivity contribution < 1.29 is 0 Å². The van der Waals surface area contributed by atoms with E-state index in [0.717, 1.165) is 51.0 Å². The van der Waals surface area contributed by atoms with Crippen molar-refractivity contribution in [1.29, 1.82) is 0 Å². The van der Waals surface area contributed by atoms with Gasteiger partial charge in [-0.3, -0.25) is 4.79 Å². The SMILES string of the molecule is Cc1nc2c(n1[C@H]1CCN(c3nccn(C4CC4)c3=O)C1)CCCC2. The average molecular weight is 339 g/mol. The van der Waals surface area contributed by atoms with Crippen LogP contribution in [0.5, 0.6) is 0 Å². The molecular formula is C19H25N5O. The molecule has 0 aromatic carbocycles. The molecule has 1 aliphatic heterocycles. The number of rotatable bonds is 3. The van der Waals surface area contributed by atoms with Gasteiger partial charge in [-0.25, -0.2) is 9.97 Å². The van der Waals surface area contributed by atoms with Crippen molar-refractivity contribution in [3.05, 3.63) is 40.0 Å². The van der Waals surface area contributed by atoms with Gasteiger partial charge < -0.3 is 14.0 Å². The van der Waals surface area contributed by atoms with E-state index < -0.39 is 0 Å². The lowest BCUT2D eigenvalue weighted by Crippen LogP contribution is -2.32. The van der Waals surface area contributed by atoms with Crippen LogP contribution in [-0.2, 0) is 12.8 Å². The van der Waals surface area contributed by atoms with Gasteiger partial charge in [-0.1, -0.05) is 0 Å². The Morgan fingerprint density at radius 2 is 1.96 bits per heavy atom. The summed E-state index contributed by atoms with van der Waals surface area (Å²) < 4.78 is 4.33. The number of fused-ring (bicyclic) bond motifs is 1. The molecule has 2 aromatic rings. The number of imidazole rings is 1. The highest BCUT2D eigenvalue weighted by atomic mass is 16.1. The molecule has 3 aliphatic rings. The number of aryl methyl sites for hydroxylation is 2. The van der Waals surface area contributed by atoms with Gasteiger partial charge in [0.05, 0.1) is 11.7 Å². The topological polar surface area (TPSA) is 56.0 Å². The van der Waals surface area contributed by atoms with Crippen molar-refractivity contribution in [3.63, 3.8) is 0 Å². The van der Waals surface area contributed by atoms with Crippen molar-refractivity contribution in [1.82, 2.24) is 19.1 Å². The molecule has 5 rings (SSSR count). The molecule has 2 fully saturated rings. The lowest BCUT2D eigenvalue weighted by molar-refractivity contribution is 0.504. The maximum absolute atomic E-state index is 12.8. The molecule has 0 spiro atoms. The van der Waals surface area contributed by atoms with Gasteiger partial charge in [0.2, 0.25) is 0 Å². The lowest BCUT2D eigenvalue weighted by Gasteiger charge is -2.21. The van der Waals surface area contributed by atoms with Gasteiger partial charge in [0.25, 0.3) is 5.56 Å². The van der Waals surface area contributed by atoms with Crippen LogP contribution in [0.15, 0.2) is 17.2 Å². The van der Waals surface area contributed by atoms with E-state index in [9.17, 15) is 4.79 Å². The van der Waals surface area contributed by atoms with Crippen LogP contribution in [0, 0.1) is 6.92 Å². The highest BCUT2D eigenvalue weighted by Gasteiger charge is 2.32. The van der Waals surface area contributed by atoms with E-state index in [0.29, 0.717) is 17.9 Å². The van der Waals surface area contributed by atoms with Gasteiger partial charge in [-0.15, -0.1) is 0 Å². The van der Waals surface area contributed by atoms with Crippen LogP contribution < -0.4 is 10.5 Å². The maximum atomic E-state index is 12.8. The van der Waals surface area contributed by atoms with E-state index in [2.05, 4.69) is 21.4 Å². The Hall–Kier alpha value is -2.11. The zero-order valence-electron chi connectivity index (χ0n) is 14.8. The van der Waals surface area contributed by atoms with E-state index >= 15 is 0 Å². The molecule has 1 atom stereocenters. The smallest absolute Gasteiger partial charge is 0.293 e. The maximum Gasteiger partial charge on any atom is 0.293 e. The van der Waals surface area contributed by atoms with Crippen molar-refractivity contribution in [2.45, 2.75) is 64.0 Å². The molecule has 132 valence electrons. The largest absolute Gasteiger partial charge is 0.350 e. The molecule has 0 amide bonds. The summed E-state index contributed by atoms with van der Waals surface area (Å²) in [5.41, 5.74) is 2.82. The second-order valence-corrected chi connectivity index (χ2v) is 7.71. The molecule has 6 nitrogen and oxygen atoms in total. The summed E-state index contributed by atoms with van der Waals surface area (Å²) in [6, 6.07) is 0.806. The fourth-order valence-electron chi connectivity index (χ4n) is 4.60.